The Labute approximate surface area is 113 Å². The van der Waals surface area contributed by atoms with Gasteiger partial charge in [-0.15, -0.1) is 0 Å². The Balaban J connectivity index is 2.34. The Hall–Kier alpha value is -1.59. The molecule has 0 radical (unpaired) electrons. The lowest BCUT2D eigenvalue weighted by atomic mass is 10.1. The predicted octanol–water partition coefficient (Wildman–Crippen LogP) is 0.614. The third-order valence-corrected chi connectivity index (χ3v) is 3.17. The first-order chi connectivity index (χ1) is 8.70. The van der Waals surface area contributed by atoms with Gasteiger partial charge in [-0.05, 0) is 20.8 Å². The highest BCUT2D eigenvalue weighted by molar-refractivity contribution is 5.81. The predicted molar refractivity (Wildman–Crippen MR) is 69.5 cm³/mol. The van der Waals surface area contributed by atoms with Crippen LogP contribution in [0.1, 0.15) is 40.0 Å². The summed E-state index contributed by atoms with van der Waals surface area (Å²) >= 11 is 0. The number of hydrogen-bond acceptors (Lipinski definition) is 3. The van der Waals surface area contributed by atoms with Crippen LogP contribution in [0.3, 0.4) is 0 Å². The van der Waals surface area contributed by atoms with Gasteiger partial charge in [-0.2, -0.15) is 0 Å². The largest absolute Gasteiger partial charge is 0.481 e. The SMILES string of the molecule is CC(C)(C)N1CC(CNC(=O)CCC(=O)O)CC1=O. The minimum Gasteiger partial charge on any atom is -0.481 e. The third-order valence-electron chi connectivity index (χ3n) is 3.17. The van der Waals surface area contributed by atoms with Crippen molar-refractivity contribution in [3.63, 3.8) is 0 Å². The Kier molecular flexibility index (Phi) is 4.91. The number of amides is 2. The Morgan fingerprint density at radius 1 is 1.37 bits per heavy atom. The van der Waals surface area contributed by atoms with E-state index in [1.807, 2.05) is 25.7 Å². The molecule has 1 aliphatic heterocycles. The molecule has 6 heteroatoms. The zero-order chi connectivity index (χ0) is 14.6. The molecule has 1 aliphatic rings. The Morgan fingerprint density at radius 2 is 2.00 bits per heavy atom. The van der Waals surface area contributed by atoms with Crippen LogP contribution in [0.25, 0.3) is 0 Å². The van der Waals surface area contributed by atoms with Crippen LogP contribution in [0.4, 0.5) is 0 Å². The molecule has 1 rings (SSSR count). The fourth-order valence-corrected chi connectivity index (χ4v) is 2.13. The number of carboxylic acids is 1. The fraction of sp³-hybridized carbons (Fsp3) is 0.769. The van der Waals surface area contributed by atoms with Crippen molar-refractivity contribution < 1.29 is 19.5 Å². The second kappa shape index (κ2) is 6.04. The quantitative estimate of drug-likeness (QED) is 0.766. The van der Waals surface area contributed by atoms with Gasteiger partial charge in [0.2, 0.25) is 11.8 Å². The first kappa shape index (κ1) is 15.5. The van der Waals surface area contributed by atoms with Gasteiger partial charge < -0.3 is 15.3 Å². The first-order valence-electron chi connectivity index (χ1n) is 6.49. The number of carbonyl (C=O) groups is 3. The molecular formula is C13H22N2O4. The molecule has 0 aromatic carbocycles. The lowest BCUT2D eigenvalue weighted by Crippen LogP contribution is -2.42. The summed E-state index contributed by atoms with van der Waals surface area (Å²) in [5.41, 5.74) is -0.195. The second-order valence-corrected chi connectivity index (χ2v) is 5.94. The van der Waals surface area contributed by atoms with E-state index in [-0.39, 0.29) is 36.1 Å². The number of carboxylic acid groups (broad SMARTS) is 1. The summed E-state index contributed by atoms with van der Waals surface area (Å²) in [4.78, 5) is 35.4. The van der Waals surface area contributed by atoms with Crippen LogP contribution in [0, 0.1) is 5.92 Å². The molecule has 0 aromatic heterocycles. The van der Waals surface area contributed by atoms with Gasteiger partial charge >= 0.3 is 5.97 Å². The average molecular weight is 270 g/mol. The molecular weight excluding hydrogens is 248 g/mol. The highest BCUT2D eigenvalue weighted by Gasteiger charge is 2.35. The molecule has 0 aromatic rings. The lowest BCUT2D eigenvalue weighted by molar-refractivity contribution is -0.138. The van der Waals surface area contributed by atoms with Gasteiger partial charge in [-0.25, -0.2) is 0 Å². The van der Waals surface area contributed by atoms with Crippen molar-refractivity contribution in [1.82, 2.24) is 10.2 Å². The molecule has 108 valence electrons. The summed E-state index contributed by atoms with van der Waals surface area (Å²) in [6, 6.07) is 0. The van der Waals surface area contributed by atoms with Gasteiger partial charge in [-0.1, -0.05) is 0 Å². The molecule has 0 bridgehead atoms. The van der Waals surface area contributed by atoms with Crippen LogP contribution in [-0.4, -0.2) is 46.4 Å². The van der Waals surface area contributed by atoms with Crippen LogP contribution >= 0.6 is 0 Å². The molecule has 19 heavy (non-hydrogen) atoms. The topological polar surface area (TPSA) is 86.7 Å². The van der Waals surface area contributed by atoms with E-state index in [9.17, 15) is 14.4 Å². The molecule has 2 N–H and O–H groups in total. The number of likely N-dealkylation sites (tertiary alicyclic amines) is 1. The van der Waals surface area contributed by atoms with Gasteiger partial charge in [-0.3, -0.25) is 14.4 Å². The smallest absolute Gasteiger partial charge is 0.303 e. The number of nitrogens with one attached hydrogen (secondary N) is 1. The summed E-state index contributed by atoms with van der Waals surface area (Å²) in [6.07, 6.45) is 0.263. The molecule has 1 fully saturated rings. The molecule has 2 amide bonds. The minimum absolute atomic E-state index is 0.0149. The van der Waals surface area contributed by atoms with E-state index in [2.05, 4.69) is 5.32 Å². The fourth-order valence-electron chi connectivity index (χ4n) is 2.13. The van der Waals surface area contributed by atoms with Gasteiger partial charge in [0.1, 0.15) is 0 Å². The van der Waals surface area contributed by atoms with Gasteiger partial charge in [0.05, 0.1) is 6.42 Å². The van der Waals surface area contributed by atoms with Gasteiger partial charge in [0, 0.05) is 37.4 Å². The normalized spacial score (nSPS) is 19.6. The van der Waals surface area contributed by atoms with Crippen molar-refractivity contribution in [3.8, 4) is 0 Å². The molecule has 0 aliphatic carbocycles. The summed E-state index contributed by atoms with van der Waals surface area (Å²) in [5, 5.41) is 11.2. The monoisotopic (exact) mass is 270 g/mol. The minimum atomic E-state index is -0.981. The molecule has 1 saturated heterocycles. The van der Waals surface area contributed by atoms with Gasteiger partial charge in [0.25, 0.3) is 0 Å². The maximum absolute atomic E-state index is 11.8. The molecule has 0 spiro atoms. The summed E-state index contributed by atoms with van der Waals surface area (Å²) < 4.78 is 0. The maximum atomic E-state index is 11.8. The zero-order valence-electron chi connectivity index (χ0n) is 11.7. The number of aliphatic carboxylic acids is 1. The zero-order valence-corrected chi connectivity index (χ0v) is 11.7. The van der Waals surface area contributed by atoms with Crippen LogP contribution in [0.5, 0.6) is 0 Å². The summed E-state index contributed by atoms with van der Waals surface area (Å²) in [5.74, 6) is -1.04. The maximum Gasteiger partial charge on any atom is 0.303 e. The number of hydrogen-bond donors (Lipinski definition) is 2. The van der Waals surface area contributed by atoms with E-state index in [1.54, 1.807) is 0 Å². The standard InChI is InChI=1S/C13H22N2O4/c1-13(2,3)15-8-9(6-11(15)17)7-14-10(16)4-5-12(18)19/h9H,4-8H2,1-3H3,(H,14,16)(H,18,19). The van der Waals surface area contributed by atoms with Crippen molar-refractivity contribution >= 4 is 17.8 Å². The highest BCUT2D eigenvalue weighted by Crippen LogP contribution is 2.25. The second-order valence-electron chi connectivity index (χ2n) is 5.94. The van der Waals surface area contributed by atoms with E-state index in [0.29, 0.717) is 19.5 Å². The highest BCUT2D eigenvalue weighted by atomic mass is 16.4. The average Bonchev–Trinajstić information content (AvgIpc) is 2.65. The lowest BCUT2D eigenvalue weighted by Gasteiger charge is -2.32. The molecule has 6 nitrogen and oxygen atoms in total. The Morgan fingerprint density at radius 3 is 2.47 bits per heavy atom. The third kappa shape index (κ3) is 4.89. The van der Waals surface area contributed by atoms with E-state index < -0.39 is 5.97 Å². The van der Waals surface area contributed by atoms with Crippen molar-refractivity contribution in [2.75, 3.05) is 13.1 Å². The van der Waals surface area contributed by atoms with E-state index >= 15 is 0 Å². The molecule has 0 saturated carbocycles. The molecule has 1 unspecified atom stereocenters. The summed E-state index contributed by atoms with van der Waals surface area (Å²) in [6.45, 7) is 7.02. The van der Waals surface area contributed by atoms with Crippen molar-refractivity contribution in [2.24, 2.45) is 5.92 Å². The number of nitrogens with zero attached hydrogens (tertiary/aromatic N) is 1. The molecule has 1 atom stereocenters. The van der Waals surface area contributed by atoms with E-state index in [4.69, 9.17) is 5.11 Å². The molecule has 1 heterocycles. The van der Waals surface area contributed by atoms with E-state index in [1.165, 1.54) is 0 Å². The van der Waals surface area contributed by atoms with E-state index in [0.717, 1.165) is 0 Å². The van der Waals surface area contributed by atoms with Crippen molar-refractivity contribution in [3.05, 3.63) is 0 Å². The van der Waals surface area contributed by atoms with Crippen LogP contribution in [0.15, 0.2) is 0 Å². The van der Waals surface area contributed by atoms with Crippen LogP contribution < -0.4 is 5.32 Å². The summed E-state index contributed by atoms with van der Waals surface area (Å²) in [7, 11) is 0. The van der Waals surface area contributed by atoms with Crippen molar-refractivity contribution in [2.45, 2.75) is 45.6 Å². The Bertz CT molecular complexity index is 373. The number of rotatable bonds is 5. The van der Waals surface area contributed by atoms with Crippen LogP contribution in [0.2, 0.25) is 0 Å². The van der Waals surface area contributed by atoms with Gasteiger partial charge in [0.15, 0.2) is 0 Å². The first-order valence-corrected chi connectivity index (χ1v) is 6.49. The van der Waals surface area contributed by atoms with Crippen molar-refractivity contribution in [1.29, 1.82) is 0 Å². The number of carbonyl (C=O) groups excluding carboxylic acids is 2. The van der Waals surface area contributed by atoms with Crippen LogP contribution in [-0.2, 0) is 14.4 Å².